The van der Waals surface area contributed by atoms with E-state index in [-0.39, 0.29) is 0 Å². The number of hydrogen-bond donors (Lipinski definition) is 2. The van der Waals surface area contributed by atoms with Crippen molar-refractivity contribution in [3.05, 3.63) is 0 Å². The van der Waals surface area contributed by atoms with Crippen LogP contribution in [0.2, 0.25) is 0 Å². The lowest BCUT2D eigenvalue weighted by Gasteiger charge is -2.19. The summed E-state index contributed by atoms with van der Waals surface area (Å²) in [7, 11) is 0. The minimum atomic E-state index is -4.45. The van der Waals surface area contributed by atoms with Crippen molar-refractivity contribution < 1.29 is 26.3 Å². The molecule has 0 aromatic carbocycles. The minimum Gasteiger partial charge on any atom is -0.266 e. The maximum Gasteiger partial charge on any atom is 0.389 e. The van der Waals surface area contributed by atoms with Crippen LogP contribution in [0.3, 0.4) is 0 Å². The first-order chi connectivity index (χ1) is 6.19. The van der Waals surface area contributed by atoms with E-state index in [1.165, 1.54) is 0 Å². The number of hydrazine groups is 1. The summed E-state index contributed by atoms with van der Waals surface area (Å²) in [4.78, 5) is 0. The third kappa shape index (κ3) is 5.28. The highest BCUT2D eigenvalue weighted by atomic mass is 19.4. The third-order valence-electron chi connectivity index (χ3n) is 1.50. The fourth-order valence-corrected chi connectivity index (χ4v) is 0.753. The van der Waals surface area contributed by atoms with Crippen LogP contribution < -0.4 is 11.3 Å². The molecule has 0 radical (unpaired) electrons. The Hall–Kier alpha value is -0.500. The van der Waals surface area contributed by atoms with Crippen LogP contribution >= 0.6 is 0 Å². The lowest BCUT2D eigenvalue weighted by Crippen LogP contribution is -2.48. The Balaban J connectivity index is 3.80. The molecular formula is C6H10F6N2. The summed E-state index contributed by atoms with van der Waals surface area (Å²) in [6.45, 7) is 0. The van der Waals surface area contributed by atoms with Crippen molar-refractivity contribution in [2.45, 2.75) is 37.7 Å². The van der Waals surface area contributed by atoms with Crippen molar-refractivity contribution in [1.82, 2.24) is 5.43 Å². The Morgan fingerprint density at radius 2 is 1.64 bits per heavy atom. The van der Waals surface area contributed by atoms with E-state index in [1.54, 1.807) is 0 Å². The molecule has 0 amide bonds. The van der Waals surface area contributed by atoms with E-state index in [9.17, 15) is 26.3 Å². The Bertz CT molecular complexity index is 168. The van der Waals surface area contributed by atoms with Gasteiger partial charge in [-0.15, -0.1) is 0 Å². The molecule has 86 valence electrons. The fourth-order valence-electron chi connectivity index (χ4n) is 0.753. The van der Waals surface area contributed by atoms with E-state index in [0.717, 1.165) is 5.43 Å². The third-order valence-corrected chi connectivity index (χ3v) is 1.50. The molecule has 0 aromatic rings. The van der Waals surface area contributed by atoms with Crippen molar-refractivity contribution in [2.75, 3.05) is 0 Å². The first-order valence-corrected chi connectivity index (χ1v) is 3.75. The molecule has 0 rings (SSSR count). The summed E-state index contributed by atoms with van der Waals surface area (Å²) in [5, 5.41) is 0. The van der Waals surface area contributed by atoms with Crippen molar-refractivity contribution in [3.8, 4) is 0 Å². The zero-order valence-electron chi connectivity index (χ0n) is 7.04. The number of nitrogens with two attached hydrogens (primary N) is 1. The summed E-state index contributed by atoms with van der Waals surface area (Å²) >= 11 is 0. The van der Waals surface area contributed by atoms with Gasteiger partial charge in [0.25, 0.3) is 0 Å². The van der Waals surface area contributed by atoms with Gasteiger partial charge in [-0.05, 0) is 12.8 Å². The monoisotopic (exact) mass is 224 g/mol. The van der Waals surface area contributed by atoms with Crippen molar-refractivity contribution in [3.63, 3.8) is 0 Å². The van der Waals surface area contributed by atoms with Crippen molar-refractivity contribution in [1.29, 1.82) is 0 Å². The topological polar surface area (TPSA) is 38.0 Å². The maximum absolute atomic E-state index is 12.5. The molecular weight excluding hydrogens is 214 g/mol. The van der Waals surface area contributed by atoms with Crippen LogP contribution in [0, 0.1) is 0 Å². The normalized spacial score (nSPS) is 15.6. The second kappa shape index (κ2) is 4.83. The lowest BCUT2D eigenvalue weighted by molar-refractivity contribution is -0.141. The molecule has 2 nitrogen and oxygen atoms in total. The number of alkyl halides is 6. The molecule has 0 bridgehead atoms. The highest BCUT2D eigenvalue weighted by Gasteiger charge is 2.39. The van der Waals surface area contributed by atoms with Gasteiger partial charge >= 0.3 is 12.2 Å². The molecule has 8 heteroatoms. The van der Waals surface area contributed by atoms with E-state index >= 15 is 0 Å². The molecule has 0 aromatic heterocycles. The molecule has 0 fully saturated rings. The lowest BCUT2D eigenvalue weighted by atomic mass is 10.1. The zero-order chi connectivity index (χ0) is 11.4. The number of halogens is 6. The van der Waals surface area contributed by atoms with Crippen LogP contribution in [0.1, 0.15) is 19.3 Å². The van der Waals surface area contributed by atoms with Gasteiger partial charge in [0.1, 0.15) is 0 Å². The summed E-state index contributed by atoms with van der Waals surface area (Å²) in [6, 6.07) is -3.98. The van der Waals surface area contributed by atoms with E-state index in [2.05, 4.69) is 5.84 Å². The number of hydrogen-bond acceptors (Lipinski definition) is 2. The average Bonchev–Trinajstić information content (AvgIpc) is 2.02. The fraction of sp³-hybridized carbons (Fsp3) is 1.00. The highest BCUT2D eigenvalue weighted by Crippen LogP contribution is 2.26. The largest absolute Gasteiger partial charge is 0.389 e. The number of nitrogens with one attached hydrogen (secondary N) is 1. The summed E-state index contributed by atoms with van der Waals surface area (Å²) < 4.78 is 71.6. The van der Waals surface area contributed by atoms with Gasteiger partial charge in [0.05, 0.1) is 0 Å². The van der Waals surface area contributed by atoms with Gasteiger partial charge in [-0.2, -0.15) is 27.4 Å². The first-order valence-electron chi connectivity index (χ1n) is 3.75. The predicted octanol–water partition coefficient (Wildman–Crippen LogP) is 2.11. The molecule has 14 heavy (non-hydrogen) atoms. The summed E-state index contributed by atoms with van der Waals surface area (Å²) in [5.41, 5.74) is 0.899. The van der Waals surface area contributed by atoms with E-state index < -0.39 is 37.7 Å². The summed E-state index contributed by atoms with van der Waals surface area (Å²) in [6.07, 6.45) is -10.0. The van der Waals surface area contributed by atoms with Crippen molar-refractivity contribution >= 4 is 0 Å². The van der Waals surface area contributed by atoms with E-state index in [0.29, 0.717) is 0 Å². The van der Waals surface area contributed by atoms with Crippen LogP contribution in [0.4, 0.5) is 26.3 Å². The molecule has 0 aliphatic carbocycles. The standard InChI is InChI=1S/C6H10F6N2/c7-4(6(11,12)14-13)2-1-3-5(8,9)10/h4,14H,1-3,13H2. The van der Waals surface area contributed by atoms with Crippen LogP contribution in [0.15, 0.2) is 0 Å². The van der Waals surface area contributed by atoms with Gasteiger partial charge in [0.2, 0.25) is 0 Å². The summed E-state index contributed by atoms with van der Waals surface area (Å²) in [5.74, 6) is 4.30. The van der Waals surface area contributed by atoms with Crippen LogP contribution in [-0.4, -0.2) is 18.4 Å². The molecule has 1 atom stereocenters. The van der Waals surface area contributed by atoms with Gasteiger partial charge in [-0.25, -0.2) is 4.39 Å². The minimum absolute atomic E-state index is 0.693. The van der Waals surface area contributed by atoms with E-state index in [4.69, 9.17) is 0 Å². The quantitative estimate of drug-likeness (QED) is 0.325. The highest BCUT2D eigenvalue weighted by molar-refractivity contribution is 4.72. The maximum atomic E-state index is 12.5. The molecule has 0 aliphatic heterocycles. The van der Waals surface area contributed by atoms with Crippen LogP contribution in [0.25, 0.3) is 0 Å². The van der Waals surface area contributed by atoms with Gasteiger partial charge in [-0.1, -0.05) is 0 Å². The molecule has 0 saturated carbocycles. The second-order valence-electron chi connectivity index (χ2n) is 2.74. The van der Waals surface area contributed by atoms with Crippen molar-refractivity contribution in [2.24, 2.45) is 5.84 Å². The Kier molecular flexibility index (Phi) is 4.66. The molecule has 0 spiro atoms. The number of rotatable bonds is 5. The molecule has 0 saturated heterocycles. The van der Waals surface area contributed by atoms with Gasteiger partial charge in [0.15, 0.2) is 6.17 Å². The van der Waals surface area contributed by atoms with Crippen LogP contribution in [-0.2, 0) is 0 Å². The predicted molar refractivity (Wildman–Crippen MR) is 37.1 cm³/mol. The first kappa shape index (κ1) is 13.5. The van der Waals surface area contributed by atoms with E-state index in [1.807, 2.05) is 0 Å². The van der Waals surface area contributed by atoms with Crippen LogP contribution in [0.5, 0.6) is 0 Å². The van der Waals surface area contributed by atoms with Gasteiger partial charge in [0, 0.05) is 6.42 Å². The SMILES string of the molecule is NNC(F)(F)C(F)CCCC(F)(F)F. The molecule has 0 heterocycles. The Morgan fingerprint density at radius 3 is 2.00 bits per heavy atom. The smallest absolute Gasteiger partial charge is 0.266 e. The zero-order valence-corrected chi connectivity index (χ0v) is 7.04. The molecule has 1 unspecified atom stereocenters. The molecule has 3 N–H and O–H groups in total. The average molecular weight is 224 g/mol. The Morgan fingerprint density at radius 1 is 1.14 bits per heavy atom. The second-order valence-corrected chi connectivity index (χ2v) is 2.74. The molecule has 0 aliphatic rings. The Labute approximate surface area is 76.4 Å². The van der Waals surface area contributed by atoms with Gasteiger partial charge < -0.3 is 0 Å². The van der Waals surface area contributed by atoms with Gasteiger partial charge in [-0.3, -0.25) is 5.84 Å².